The summed E-state index contributed by atoms with van der Waals surface area (Å²) in [5, 5.41) is 3.10. The van der Waals surface area contributed by atoms with Crippen molar-refractivity contribution in [2.75, 3.05) is 13.2 Å². The van der Waals surface area contributed by atoms with Crippen LogP contribution in [0.5, 0.6) is 0 Å². The van der Waals surface area contributed by atoms with Crippen LogP contribution >= 0.6 is 0 Å². The average molecular weight is 397 g/mol. The van der Waals surface area contributed by atoms with Gasteiger partial charge in [-0.3, -0.25) is 19.0 Å². The Morgan fingerprint density at radius 3 is 2.66 bits per heavy atom. The first kappa shape index (κ1) is 20.2. The standard InChI is InChI=1S/C21H20FN3O4/c22-16-7-5-15(6-8-16)9-11-23-19(26)13-29-20(27)10-12-25-14-24-18-4-2-1-3-17(18)21(25)28/h1-8,14H,9-13H2,(H,23,26). The molecule has 150 valence electrons. The van der Waals surface area contributed by atoms with Gasteiger partial charge in [0.25, 0.3) is 11.5 Å². The van der Waals surface area contributed by atoms with E-state index in [1.807, 2.05) is 0 Å². The van der Waals surface area contributed by atoms with Crippen molar-refractivity contribution in [3.05, 3.63) is 76.6 Å². The molecule has 0 radical (unpaired) electrons. The van der Waals surface area contributed by atoms with Gasteiger partial charge in [0, 0.05) is 13.1 Å². The molecule has 29 heavy (non-hydrogen) atoms. The lowest BCUT2D eigenvalue weighted by Crippen LogP contribution is -2.30. The second-order valence-corrected chi connectivity index (χ2v) is 6.40. The molecule has 3 rings (SSSR count). The number of aromatic nitrogens is 2. The minimum absolute atomic E-state index is 0.0528. The van der Waals surface area contributed by atoms with Crippen LogP contribution in [0.15, 0.2) is 59.7 Å². The number of rotatable bonds is 8. The minimum Gasteiger partial charge on any atom is -0.456 e. The maximum Gasteiger partial charge on any atom is 0.308 e. The summed E-state index contributed by atoms with van der Waals surface area (Å²) in [5.41, 5.74) is 1.24. The molecule has 0 aliphatic carbocycles. The van der Waals surface area contributed by atoms with Gasteiger partial charge >= 0.3 is 5.97 Å². The lowest BCUT2D eigenvalue weighted by molar-refractivity contribution is -0.148. The molecule has 1 N–H and O–H groups in total. The number of hydrogen-bond donors (Lipinski definition) is 1. The van der Waals surface area contributed by atoms with E-state index in [-0.39, 0.29) is 24.3 Å². The zero-order valence-electron chi connectivity index (χ0n) is 15.6. The highest BCUT2D eigenvalue weighted by molar-refractivity contribution is 5.80. The van der Waals surface area contributed by atoms with Crippen LogP contribution in [0, 0.1) is 5.82 Å². The monoisotopic (exact) mass is 397 g/mol. The van der Waals surface area contributed by atoms with Crippen LogP contribution < -0.4 is 10.9 Å². The van der Waals surface area contributed by atoms with Crippen LogP contribution in [0.2, 0.25) is 0 Å². The molecule has 8 heteroatoms. The second-order valence-electron chi connectivity index (χ2n) is 6.40. The summed E-state index contributed by atoms with van der Waals surface area (Å²) in [5.74, 6) is -1.32. The van der Waals surface area contributed by atoms with Crippen LogP contribution in [0.1, 0.15) is 12.0 Å². The van der Waals surface area contributed by atoms with Crippen molar-refractivity contribution < 1.29 is 18.7 Å². The summed E-state index contributed by atoms with van der Waals surface area (Å²) >= 11 is 0. The SMILES string of the molecule is O=C(COC(=O)CCn1cnc2ccccc2c1=O)NCCc1ccc(F)cc1. The lowest BCUT2D eigenvalue weighted by Gasteiger charge is -2.08. The summed E-state index contributed by atoms with van der Waals surface area (Å²) in [6.07, 6.45) is 1.88. The summed E-state index contributed by atoms with van der Waals surface area (Å²) in [6, 6.07) is 13.0. The number of ether oxygens (including phenoxy) is 1. The number of halogens is 1. The molecule has 1 amide bonds. The molecular formula is C21H20FN3O4. The van der Waals surface area contributed by atoms with E-state index in [1.54, 1.807) is 36.4 Å². The van der Waals surface area contributed by atoms with Crippen LogP contribution in [-0.4, -0.2) is 34.6 Å². The Hall–Kier alpha value is -3.55. The summed E-state index contributed by atoms with van der Waals surface area (Å²) in [7, 11) is 0. The summed E-state index contributed by atoms with van der Waals surface area (Å²) in [4.78, 5) is 40.1. The normalized spacial score (nSPS) is 10.7. The number of benzene rings is 2. The Balaban J connectivity index is 1.39. The van der Waals surface area contributed by atoms with Gasteiger partial charge in [-0.05, 0) is 36.2 Å². The highest BCUT2D eigenvalue weighted by Gasteiger charge is 2.09. The van der Waals surface area contributed by atoms with Crippen molar-refractivity contribution in [3.8, 4) is 0 Å². The van der Waals surface area contributed by atoms with Gasteiger partial charge in [0.05, 0.1) is 23.7 Å². The highest BCUT2D eigenvalue weighted by atomic mass is 19.1. The molecule has 0 atom stereocenters. The Morgan fingerprint density at radius 2 is 1.86 bits per heavy atom. The number of carbonyl (C=O) groups is 2. The highest BCUT2D eigenvalue weighted by Crippen LogP contribution is 2.05. The van der Waals surface area contributed by atoms with Crippen molar-refractivity contribution in [2.45, 2.75) is 19.4 Å². The second kappa shape index (κ2) is 9.59. The van der Waals surface area contributed by atoms with Gasteiger partial charge in [-0.2, -0.15) is 0 Å². The molecule has 2 aromatic carbocycles. The van der Waals surface area contributed by atoms with Gasteiger partial charge < -0.3 is 10.1 Å². The smallest absolute Gasteiger partial charge is 0.308 e. The van der Waals surface area contributed by atoms with Crippen LogP contribution in [0.4, 0.5) is 4.39 Å². The van der Waals surface area contributed by atoms with E-state index >= 15 is 0 Å². The third kappa shape index (κ3) is 5.71. The van der Waals surface area contributed by atoms with Gasteiger partial charge in [0.15, 0.2) is 6.61 Å². The zero-order chi connectivity index (χ0) is 20.6. The quantitative estimate of drug-likeness (QED) is 0.586. The topological polar surface area (TPSA) is 90.3 Å². The maximum atomic E-state index is 12.8. The number of fused-ring (bicyclic) bond motifs is 1. The molecule has 0 saturated carbocycles. The van der Waals surface area contributed by atoms with Gasteiger partial charge in [-0.1, -0.05) is 24.3 Å². The van der Waals surface area contributed by atoms with Crippen molar-refractivity contribution >= 4 is 22.8 Å². The average Bonchev–Trinajstić information content (AvgIpc) is 2.73. The van der Waals surface area contributed by atoms with Gasteiger partial charge in [0.1, 0.15) is 5.82 Å². The molecule has 1 aromatic heterocycles. The van der Waals surface area contributed by atoms with E-state index in [4.69, 9.17) is 4.74 Å². The van der Waals surface area contributed by atoms with E-state index in [1.165, 1.54) is 23.0 Å². The molecule has 0 spiro atoms. The molecule has 0 fully saturated rings. The van der Waals surface area contributed by atoms with Gasteiger partial charge in [-0.15, -0.1) is 0 Å². The third-order valence-corrected chi connectivity index (χ3v) is 4.30. The first-order chi connectivity index (χ1) is 14.0. The van der Waals surface area contributed by atoms with Crippen molar-refractivity contribution in [2.24, 2.45) is 0 Å². The zero-order valence-corrected chi connectivity index (χ0v) is 15.6. The Labute approximate surface area is 166 Å². The molecule has 7 nitrogen and oxygen atoms in total. The molecule has 0 unspecified atom stereocenters. The first-order valence-corrected chi connectivity index (χ1v) is 9.14. The van der Waals surface area contributed by atoms with Crippen molar-refractivity contribution in [1.29, 1.82) is 0 Å². The molecule has 0 aliphatic heterocycles. The Kier molecular flexibility index (Phi) is 6.67. The van der Waals surface area contributed by atoms with Crippen molar-refractivity contribution in [3.63, 3.8) is 0 Å². The fourth-order valence-electron chi connectivity index (χ4n) is 2.74. The van der Waals surface area contributed by atoms with Gasteiger partial charge in [0.2, 0.25) is 0 Å². The molecule has 0 bridgehead atoms. The van der Waals surface area contributed by atoms with Gasteiger partial charge in [-0.25, -0.2) is 9.37 Å². The summed E-state index contributed by atoms with van der Waals surface area (Å²) < 4.78 is 19.1. The van der Waals surface area contributed by atoms with Crippen molar-refractivity contribution in [1.82, 2.24) is 14.9 Å². The van der Waals surface area contributed by atoms with E-state index in [2.05, 4.69) is 10.3 Å². The fraction of sp³-hybridized carbons (Fsp3) is 0.238. The fourth-order valence-corrected chi connectivity index (χ4v) is 2.74. The van der Waals surface area contributed by atoms with Crippen LogP contribution in [0.25, 0.3) is 10.9 Å². The number of para-hydroxylation sites is 1. The summed E-state index contributed by atoms with van der Waals surface area (Å²) in [6.45, 7) is 0.0645. The van der Waals surface area contributed by atoms with E-state index in [0.29, 0.717) is 23.9 Å². The predicted molar refractivity (Wildman–Crippen MR) is 105 cm³/mol. The third-order valence-electron chi connectivity index (χ3n) is 4.30. The number of carbonyl (C=O) groups excluding carboxylic acids is 2. The molecule has 1 heterocycles. The number of esters is 1. The molecule has 0 saturated heterocycles. The Morgan fingerprint density at radius 1 is 1.10 bits per heavy atom. The first-order valence-electron chi connectivity index (χ1n) is 9.14. The van der Waals surface area contributed by atoms with E-state index in [9.17, 15) is 18.8 Å². The minimum atomic E-state index is -0.584. The number of nitrogens with zero attached hydrogens (tertiary/aromatic N) is 2. The number of nitrogens with one attached hydrogen (secondary N) is 1. The maximum absolute atomic E-state index is 12.8. The van der Waals surface area contributed by atoms with Crippen LogP contribution in [-0.2, 0) is 27.3 Å². The number of amides is 1. The Bertz CT molecular complexity index is 1060. The number of aryl methyl sites for hydroxylation is 1. The molecule has 0 aliphatic rings. The molecular weight excluding hydrogens is 377 g/mol. The van der Waals surface area contributed by atoms with E-state index < -0.39 is 18.5 Å². The lowest BCUT2D eigenvalue weighted by atomic mass is 10.1. The number of hydrogen-bond acceptors (Lipinski definition) is 5. The largest absolute Gasteiger partial charge is 0.456 e. The van der Waals surface area contributed by atoms with E-state index in [0.717, 1.165) is 5.56 Å². The molecule has 3 aromatic rings. The predicted octanol–water partition coefficient (Wildman–Crippen LogP) is 1.83. The van der Waals surface area contributed by atoms with Crippen LogP contribution in [0.3, 0.4) is 0 Å².